The van der Waals surface area contributed by atoms with Crippen LogP contribution in [-0.2, 0) is 4.79 Å². The predicted octanol–water partition coefficient (Wildman–Crippen LogP) is 2.13. The molecular formula is C12H19N3OS. The number of carbonyl (C=O) groups excluding carboxylic acids is 1. The summed E-state index contributed by atoms with van der Waals surface area (Å²) in [7, 11) is 0. The van der Waals surface area contributed by atoms with Gasteiger partial charge in [-0.05, 0) is 26.7 Å². The van der Waals surface area contributed by atoms with E-state index in [0.29, 0.717) is 0 Å². The Kier molecular flexibility index (Phi) is 5.41. The van der Waals surface area contributed by atoms with E-state index in [9.17, 15) is 4.79 Å². The number of ketones is 1. The van der Waals surface area contributed by atoms with Crippen molar-refractivity contribution < 1.29 is 4.79 Å². The van der Waals surface area contributed by atoms with E-state index in [1.165, 1.54) is 0 Å². The largest absolute Gasteiger partial charge is 0.341 e. The lowest BCUT2D eigenvalue weighted by Crippen LogP contribution is -2.38. The van der Waals surface area contributed by atoms with E-state index in [1.54, 1.807) is 13.1 Å². The van der Waals surface area contributed by atoms with Gasteiger partial charge in [0.2, 0.25) is 5.96 Å². The fraction of sp³-hybridized carbons (Fsp3) is 0.583. The summed E-state index contributed by atoms with van der Waals surface area (Å²) in [6, 6.07) is 0. The molecule has 1 heterocycles. The lowest BCUT2D eigenvalue weighted by atomic mass is 9.93. The van der Waals surface area contributed by atoms with Crippen LogP contribution in [0.3, 0.4) is 0 Å². The zero-order valence-corrected chi connectivity index (χ0v) is 11.2. The van der Waals surface area contributed by atoms with Crippen molar-refractivity contribution in [2.45, 2.75) is 26.7 Å². The number of aliphatic imine (C=N–C) groups is 1. The van der Waals surface area contributed by atoms with Crippen LogP contribution in [0.1, 0.15) is 26.7 Å². The molecule has 0 saturated carbocycles. The average Bonchev–Trinajstić information content (AvgIpc) is 2.35. The number of thiol groups is 1. The zero-order valence-electron chi connectivity index (χ0n) is 10.3. The van der Waals surface area contributed by atoms with Crippen molar-refractivity contribution in [2.75, 3.05) is 13.1 Å². The van der Waals surface area contributed by atoms with Gasteiger partial charge in [-0.2, -0.15) is 0 Å². The fourth-order valence-corrected chi connectivity index (χ4v) is 1.84. The van der Waals surface area contributed by atoms with Gasteiger partial charge in [0.1, 0.15) is 5.78 Å². The number of likely N-dealkylation sites (tertiary alicyclic amines) is 1. The van der Waals surface area contributed by atoms with Crippen LogP contribution < -0.4 is 0 Å². The Hall–Kier alpha value is -1.10. The molecule has 1 rings (SSSR count). The molecule has 0 aliphatic carbocycles. The Balaban J connectivity index is 2.46. The van der Waals surface area contributed by atoms with E-state index in [1.807, 2.05) is 17.9 Å². The normalized spacial score (nSPS) is 18.8. The van der Waals surface area contributed by atoms with Crippen LogP contribution in [0.4, 0.5) is 0 Å². The first-order chi connectivity index (χ1) is 8.04. The number of piperidine rings is 1. The van der Waals surface area contributed by atoms with Gasteiger partial charge in [0, 0.05) is 30.1 Å². The number of hydrogen-bond acceptors (Lipinski definition) is 3. The Labute approximate surface area is 108 Å². The van der Waals surface area contributed by atoms with Gasteiger partial charge in [0.25, 0.3) is 0 Å². The molecule has 0 amide bonds. The average molecular weight is 253 g/mol. The SMILES string of the molecule is C/C=C(/S)C=NC(=N)N1CCC(C(C)=O)CC1. The van der Waals surface area contributed by atoms with Crippen LogP contribution in [0.25, 0.3) is 0 Å². The molecule has 0 unspecified atom stereocenters. The molecule has 0 spiro atoms. The molecule has 1 saturated heterocycles. The molecule has 0 bridgehead atoms. The van der Waals surface area contributed by atoms with E-state index in [0.717, 1.165) is 30.8 Å². The molecule has 0 atom stereocenters. The number of guanidine groups is 1. The third-order valence-corrected chi connectivity index (χ3v) is 3.36. The van der Waals surface area contributed by atoms with Crippen molar-refractivity contribution >= 4 is 30.6 Å². The van der Waals surface area contributed by atoms with Gasteiger partial charge < -0.3 is 4.90 Å². The summed E-state index contributed by atoms with van der Waals surface area (Å²) in [6.45, 7) is 4.98. The van der Waals surface area contributed by atoms with Crippen LogP contribution in [0.2, 0.25) is 0 Å². The van der Waals surface area contributed by atoms with Gasteiger partial charge in [-0.3, -0.25) is 10.2 Å². The molecule has 4 nitrogen and oxygen atoms in total. The molecule has 17 heavy (non-hydrogen) atoms. The number of nitrogens with zero attached hydrogens (tertiary/aromatic N) is 2. The minimum Gasteiger partial charge on any atom is -0.341 e. The minimum absolute atomic E-state index is 0.166. The van der Waals surface area contributed by atoms with Crippen molar-refractivity contribution in [3.8, 4) is 0 Å². The zero-order chi connectivity index (χ0) is 12.8. The van der Waals surface area contributed by atoms with Gasteiger partial charge in [-0.25, -0.2) is 4.99 Å². The van der Waals surface area contributed by atoms with Crippen LogP contribution in [0.5, 0.6) is 0 Å². The van der Waals surface area contributed by atoms with E-state index in [4.69, 9.17) is 5.41 Å². The highest BCUT2D eigenvalue weighted by molar-refractivity contribution is 7.85. The van der Waals surface area contributed by atoms with Gasteiger partial charge >= 0.3 is 0 Å². The molecule has 0 aromatic heterocycles. The van der Waals surface area contributed by atoms with Crippen molar-refractivity contribution in [1.82, 2.24) is 4.90 Å². The van der Waals surface area contributed by atoms with Gasteiger partial charge in [0.15, 0.2) is 0 Å². The molecule has 0 radical (unpaired) electrons. The first kappa shape index (κ1) is 14.0. The fourth-order valence-electron chi connectivity index (χ4n) is 1.78. The summed E-state index contributed by atoms with van der Waals surface area (Å²) in [5.74, 6) is 0.672. The Morgan fingerprint density at radius 3 is 2.53 bits per heavy atom. The molecular weight excluding hydrogens is 234 g/mol. The maximum absolute atomic E-state index is 11.2. The second-order valence-corrected chi connectivity index (χ2v) is 4.68. The molecule has 0 aromatic carbocycles. The molecule has 1 aliphatic heterocycles. The van der Waals surface area contributed by atoms with Crippen LogP contribution in [0.15, 0.2) is 16.0 Å². The standard InChI is InChI=1S/C12H19N3OS/c1-3-11(17)8-14-12(13)15-6-4-10(5-7-15)9(2)16/h3,8,10,13,17H,4-7H2,1-2H3/b11-3+,13-12?,14-8?. The third-order valence-electron chi connectivity index (χ3n) is 2.98. The van der Waals surface area contributed by atoms with Gasteiger partial charge in [-0.1, -0.05) is 6.08 Å². The van der Waals surface area contributed by atoms with Crippen molar-refractivity contribution in [2.24, 2.45) is 10.9 Å². The summed E-state index contributed by atoms with van der Waals surface area (Å²) in [4.78, 5) is 17.9. The second-order valence-electron chi connectivity index (χ2n) is 4.17. The second kappa shape index (κ2) is 6.59. The van der Waals surface area contributed by atoms with Crippen molar-refractivity contribution in [3.05, 3.63) is 11.0 Å². The highest BCUT2D eigenvalue weighted by Crippen LogP contribution is 2.18. The van der Waals surface area contributed by atoms with E-state index < -0.39 is 0 Å². The third kappa shape index (κ3) is 4.34. The summed E-state index contributed by atoms with van der Waals surface area (Å²) >= 11 is 4.16. The van der Waals surface area contributed by atoms with Crippen molar-refractivity contribution in [3.63, 3.8) is 0 Å². The monoisotopic (exact) mass is 253 g/mol. The van der Waals surface area contributed by atoms with Gasteiger partial charge in [0.05, 0.1) is 0 Å². The number of carbonyl (C=O) groups is 1. The smallest absolute Gasteiger partial charge is 0.217 e. The molecule has 1 N–H and O–H groups in total. The maximum Gasteiger partial charge on any atom is 0.217 e. The molecule has 0 aromatic rings. The lowest BCUT2D eigenvalue weighted by Gasteiger charge is -2.30. The summed E-state index contributed by atoms with van der Waals surface area (Å²) in [6.07, 6.45) is 5.04. The Morgan fingerprint density at radius 2 is 2.06 bits per heavy atom. The maximum atomic E-state index is 11.2. The predicted molar refractivity (Wildman–Crippen MR) is 73.9 cm³/mol. The van der Waals surface area contributed by atoms with Crippen LogP contribution in [-0.4, -0.2) is 35.9 Å². The van der Waals surface area contributed by atoms with E-state index in [-0.39, 0.29) is 17.7 Å². The Morgan fingerprint density at radius 1 is 1.47 bits per heavy atom. The van der Waals surface area contributed by atoms with Gasteiger partial charge in [-0.15, -0.1) is 12.6 Å². The summed E-state index contributed by atoms with van der Waals surface area (Å²) in [5, 5.41) is 7.81. The number of nitrogens with one attached hydrogen (secondary N) is 1. The minimum atomic E-state index is 0.166. The first-order valence-corrected chi connectivity index (χ1v) is 6.22. The molecule has 94 valence electrons. The molecule has 5 heteroatoms. The van der Waals surface area contributed by atoms with E-state index in [2.05, 4.69) is 17.6 Å². The topological polar surface area (TPSA) is 56.5 Å². The quantitative estimate of drug-likeness (QED) is 0.450. The number of hydrogen-bond donors (Lipinski definition) is 2. The number of rotatable bonds is 2. The molecule has 1 aliphatic rings. The number of Topliss-reactive ketones (excluding diaryl/α,β-unsaturated/α-hetero) is 1. The first-order valence-electron chi connectivity index (χ1n) is 5.78. The van der Waals surface area contributed by atoms with Crippen molar-refractivity contribution in [1.29, 1.82) is 5.41 Å². The number of allylic oxidation sites excluding steroid dienone is 2. The molecule has 1 fully saturated rings. The summed E-state index contributed by atoms with van der Waals surface area (Å²) < 4.78 is 0. The van der Waals surface area contributed by atoms with Crippen LogP contribution >= 0.6 is 12.6 Å². The van der Waals surface area contributed by atoms with E-state index >= 15 is 0 Å². The lowest BCUT2D eigenvalue weighted by molar-refractivity contribution is -0.121. The van der Waals surface area contributed by atoms with Crippen LogP contribution in [0, 0.1) is 11.3 Å². The Bertz CT molecular complexity index is 355. The highest BCUT2D eigenvalue weighted by atomic mass is 32.1. The highest BCUT2D eigenvalue weighted by Gasteiger charge is 2.23. The summed E-state index contributed by atoms with van der Waals surface area (Å²) in [5.41, 5.74) is 0.